The quantitative estimate of drug-likeness (QED) is 0.586. The standard InChI is InChI=1S/C16H12N2O3S/c19-15-14-9-5-6-10(7-9)17(14)16(20)18(15)12-8-22(21)13-4-2-1-3-11(12)13/h1-6,8-10,14H,7H2/t9?,10?,14-,22?/m1/s1. The zero-order valence-electron chi connectivity index (χ0n) is 11.5. The summed E-state index contributed by atoms with van der Waals surface area (Å²) in [5.41, 5.74) is 1.18. The van der Waals surface area contributed by atoms with Crippen LogP contribution in [-0.2, 0) is 15.6 Å². The van der Waals surface area contributed by atoms with Crippen molar-refractivity contribution in [3.05, 3.63) is 47.4 Å². The molecule has 4 atom stereocenters. The van der Waals surface area contributed by atoms with Crippen LogP contribution in [0.2, 0.25) is 0 Å². The molecule has 0 spiro atoms. The van der Waals surface area contributed by atoms with E-state index in [0.29, 0.717) is 16.2 Å². The monoisotopic (exact) mass is 312 g/mol. The van der Waals surface area contributed by atoms with Crippen LogP contribution in [0.3, 0.4) is 0 Å². The van der Waals surface area contributed by atoms with E-state index in [9.17, 15) is 13.8 Å². The highest BCUT2D eigenvalue weighted by molar-refractivity contribution is 7.88. The molecule has 4 aliphatic rings. The van der Waals surface area contributed by atoms with Crippen LogP contribution < -0.4 is 0 Å². The normalized spacial score (nSPS) is 34.5. The Bertz CT molecular complexity index is 798. The van der Waals surface area contributed by atoms with Crippen LogP contribution in [0, 0.1) is 5.92 Å². The molecule has 3 aliphatic heterocycles. The van der Waals surface area contributed by atoms with Crippen molar-refractivity contribution in [2.24, 2.45) is 5.92 Å². The van der Waals surface area contributed by atoms with Gasteiger partial charge in [0.15, 0.2) is 0 Å². The number of nitrogens with zero attached hydrogens (tertiary/aromatic N) is 2. The molecule has 1 aromatic carbocycles. The van der Waals surface area contributed by atoms with E-state index in [1.54, 1.807) is 11.0 Å². The first-order valence-electron chi connectivity index (χ1n) is 7.23. The summed E-state index contributed by atoms with van der Waals surface area (Å²) in [7, 11) is -1.30. The average Bonchev–Trinajstić information content (AvgIpc) is 3.25. The third-order valence-electron chi connectivity index (χ3n) is 4.88. The first-order chi connectivity index (χ1) is 10.7. The van der Waals surface area contributed by atoms with E-state index in [0.717, 1.165) is 6.42 Å². The maximum atomic E-state index is 12.8. The third-order valence-corrected chi connectivity index (χ3v) is 6.11. The van der Waals surface area contributed by atoms with Gasteiger partial charge >= 0.3 is 6.03 Å². The summed E-state index contributed by atoms with van der Waals surface area (Å²) in [4.78, 5) is 29.1. The number of amides is 3. The van der Waals surface area contributed by atoms with Crippen LogP contribution in [0.25, 0.3) is 5.70 Å². The second-order valence-corrected chi connectivity index (χ2v) is 7.23. The minimum atomic E-state index is -1.30. The highest BCUT2D eigenvalue weighted by Gasteiger charge is 2.58. The van der Waals surface area contributed by atoms with Crippen LogP contribution >= 0.6 is 0 Å². The van der Waals surface area contributed by atoms with Crippen molar-refractivity contribution in [2.75, 3.05) is 0 Å². The fraction of sp³-hybridized carbons (Fsp3) is 0.250. The largest absolute Gasteiger partial charge is 0.332 e. The van der Waals surface area contributed by atoms with Gasteiger partial charge in [-0.15, -0.1) is 0 Å². The van der Waals surface area contributed by atoms with Crippen LogP contribution in [-0.4, -0.2) is 38.0 Å². The van der Waals surface area contributed by atoms with Crippen molar-refractivity contribution in [3.8, 4) is 0 Å². The molecule has 0 saturated carbocycles. The van der Waals surface area contributed by atoms with E-state index in [1.165, 1.54) is 10.3 Å². The van der Waals surface area contributed by atoms with Crippen molar-refractivity contribution >= 4 is 28.4 Å². The number of carbonyl (C=O) groups excluding carboxylic acids is 2. The third kappa shape index (κ3) is 1.31. The van der Waals surface area contributed by atoms with E-state index < -0.39 is 10.8 Å². The minimum absolute atomic E-state index is 0.0270. The Morgan fingerprint density at radius 2 is 1.95 bits per heavy atom. The van der Waals surface area contributed by atoms with Gasteiger partial charge in [0, 0.05) is 16.9 Å². The predicted molar refractivity (Wildman–Crippen MR) is 79.7 cm³/mol. The first-order valence-corrected chi connectivity index (χ1v) is 8.44. The van der Waals surface area contributed by atoms with Crippen molar-refractivity contribution < 1.29 is 13.8 Å². The molecule has 6 heteroatoms. The molecule has 0 N–H and O–H groups in total. The highest BCUT2D eigenvalue weighted by atomic mass is 32.2. The number of imide groups is 1. The van der Waals surface area contributed by atoms with Gasteiger partial charge in [0.25, 0.3) is 5.91 Å². The smallest absolute Gasteiger partial charge is 0.305 e. The van der Waals surface area contributed by atoms with Crippen molar-refractivity contribution in [1.29, 1.82) is 0 Å². The summed E-state index contributed by atoms with van der Waals surface area (Å²) in [6, 6.07) is 6.57. The molecule has 1 aliphatic carbocycles. The molecule has 2 fully saturated rings. The van der Waals surface area contributed by atoms with Gasteiger partial charge in [-0.3, -0.25) is 4.79 Å². The van der Waals surface area contributed by atoms with E-state index in [4.69, 9.17) is 0 Å². The first kappa shape index (κ1) is 12.3. The molecule has 2 saturated heterocycles. The Kier molecular flexibility index (Phi) is 2.22. The molecule has 110 valence electrons. The molecule has 5 nitrogen and oxygen atoms in total. The summed E-state index contributed by atoms with van der Waals surface area (Å²) in [5, 5.41) is 1.51. The number of rotatable bonds is 1. The minimum Gasteiger partial charge on any atom is -0.305 e. The van der Waals surface area contributed by atoms with E-state index in [1.807, 2.05) is 30.4 Å². The van der Waals surface area contributed by atoms with Crippen LogP contribution in [0.1, 0.15) is 12.0 Å². The maximum Gasteiger partial charge on any atom is 0.332 e. The van der Waals surface area contributed by atoms with Gasteiger partial charge in [-0.25, -0.2) is 13.9 Å². The van der Waals surface area contributed by atoms with Crippen molar-refractivity contribution in [1.82, 2.24) is 9.80 Å². The number of urea groups is 1. The summed E-state index contributed by atoms with van der Waals surface area (Å²) in [6.45, 7) is 0. The molecule has 3 unspecified atom stereocenters. The lowest BCUT2D eigenvalue weighted by molar-refractivity contribution is -0.126. The van der Waals surface area contributed by atoms with Crippen LogP contribution in [0.4, 0.5) is 4.79 Å². The van der Waals surface area contributed by atoms with Gasteiger partial charge < -0.3 is 4.90 Å². The van der Waals surface area contributed by atoms with Gasteiger partial charge in [-0.05, 0) is 12.5 Å². The maximum absolute atomic E-state index is 12.8. The molecule has 1 aromatic rings. The molecule has 5 rings (SSSR count). The molecule has 0 radical (unpaired) electrons. The number of benzene rings is 1. The molecule has 3 amide bonds. The molecule has 3 heterocycles. The highest BCUT2D eigenvalue weighted by Crippen LogP contribution is 2.45. The number of hydrogen-bond acceptors (Lipinski definition) is 3. The Morgan fingerprint density at radius 3 is 2.77 bits per heavy atom. The lowest BCUT2D eigenvalue weighted by Gasteiger charge is -2.22. The zero-order valence-corrected chi connectivity index (χ0v) is 12.3. The Hall–Kier alpha value is -2.21. The topological polar surface area (TPSA) is 57.7 Å². The van der Waals surface area contributed by atoms with E-state index in [2.05, 4.69) is 0 Å². The number of fused-ring (bicyclic) bond motifs is 6. The summed E-state index contributed by atoms with van der Waals surface area (Å²) in [5.74, 6) is -0.0732. The van der Waals surface area contributed by atoms with Crippen molar-refractivity contribution in [3.63, 3.8) is 0 Å². The number of hydrogen-bond donors (Lipinski definition) is 0. The molecular formula is C16H12N2O3S. The van der Waals surface area contributed by atoms with Gasteiger partial charge in [-0.1, -0.05) is 30.4 Å². The molecule has 2 bridgehead atoms. The molecule has 22 heavy (non-hydrogen) atoms. The lowest BCUT2D eigenvalue weighted by Crippen LogP contribution is -2.38. The number of carbonyl (C=O) groups is 2. The van der Waals surface area contributed by atoms with Gasteiger partial charge in [0.2, 0.25) is 0 Å². The summed E-state index contributed by atoms with van der Waals surface area (Å²) < 4.78 is 12.2. The molecular weight excluding hydrogens is 300 g/mol. The van der Waals surface area contributed by atoms with Crippen molar-refractivity contribution in [2.45, 2.75) is 23.4 Å². The van der Waals surface area contributed by atoms with Crippen LogP contribution in [0.15, 0.2) is 46.7 Å². The van der Waals surface area contributed by atoms with E-state index >= 15 is 0 Å². The Morgan fingerprint density at radius 1 is 1.14 bits per heavy atom. The fourth-order valence-corrected chi connectivity index (χ4v) is 5.11. The summed E-state index contributed by atoms with van der Waals surface area (Å²) in [6.07, 6.45) is 4.89. The zero-order chi connectivity index (χ0) is 15.0. The van der Waals surface area contributed by atoms with E-state index in [-0.39, 0.29) is 29.9 Å². The predicted octanol–water partition coefficient (Wildman–Crippen LogP) is 1.70. The average molecular weight is 312 g/mol. The second-order valence-electron chi connectivity index (χ2n) is 5.96. The van der Waals surface area contributed by atoms with Gasteiger partial charge in [-0.2, -0.15) is 0 Å². The van der Waals surface area contributed by atoms with Crippen LogP contribution in [0.5, 0.6) is 0 Å². The fourth-order valence-electron chi connectivity index (χ4n) is 3.94. The summed E-state index contributed by atoms with van der Waals surface area (Å²) >= 11 is 0. The van der Waals surface area contributed by atoms with Gasteiger partial charge in [0.05, 0.1) is 27.4 Å². The lowest BCUT2D eigenvalue weighted by atomic mass is 10.0. The second kappa shape index (κ2) is 3.95. The Balaban J connectivity index is 1.61. The Labute approximate surface area is 129 Å². The SMILES string of the molecule is O=C1[C@H]2C3C=CC(C3)N2C(=O)N1C1=CS(=O)c2ccccc21. The molecule has 0 aromatic heterocycles. The van der Waals surface area contributed by atoms with Gasteiger partial charge in [0.1, 0.15) is 6.04 Å².